The third-order valence-electron chi connectivity index (χ3n) is 2.89. The van der Waals surface area contributed by atoms with Gasteiger partial charge in [-0.15, -0.1) is 0 Å². The molecular formula is C11H18N2O5S. The summed E-state index contributed by atoms with van der Waals surface area (Å²) < 4.78 is 38.7. The molecule has 2 rings (SSSR count). The van der Waals surface area contributed by atoms with Gasteiger partial charge >= 0.3 is 0 Å². The van der Waals surface area contributed by atoms with E-state index in [1.54, 1.807) is 0 Å². The van der Waals surface area contributed by atoms with Gasteiger partial charge in [0.15, 0.2) is 15.7 Å². The van der Waals surface area contributed by atoms with Gasteiger partial charge in [-0.2, -0.15) is 4.98 Å². The van der Waals surface area contributed by atoms with Gasteiger partial charge < -0.3 is 14.0 Å². The molecule has 1 fully saturated rings. The first-order valence-corrected chi connectivity index (χ1v) is 8.15. The van der Waals surface area contributed by atoms with Crippen molar-refractivity contribution in [2.45, 2.75) is 32.5 Å². The zero-order valence-corrected chi connectivity index (χ0v) is 11.9. The summed E-state index contributed by atoms with van der Waals surface area (Å²) >= 11 is 0. The van der Waals surface area contributed by atoms with Gasteiger partial charge in [0.25, 0.3) is 5.89 Å². The second-order valence-corrected chi connectivity index (χ2v) is 6.56. The van der Waals surface area contributed by atoms with Gasteiger partial charge in [-0.25, -0.2) is 8.42 Å². The summed E-state index contributed by atoms with van der Waals surface area (Å²) in [5.41, 5.74) is 0. The van der Waals surface area contributed by atoms with Crippen molar-refractivity contribution in [2.75, 3.05) is 24.7 Å². The first-order valence-electron chi connectivity index (χ1n) is 6.33. The van der Waals surface area contributed by atoms with Gasteiger partial charge in [-0.1, -0.05) is 5.16 Å². The smallest absolute Gasteiger partial charge is 0.283 e. The third-order valence-corrected chi connectivity index (χ3v) is 4.66. The lowest BCUT2D eigenvalue weighted by molar-refractivity contribution is -0.155. The zero-order chi connectivity index (χ0) is 13.9. The van der Waals surface area contributed by atoms with E-state index < -0.39 is 16.1 Å². The molecule has 2 heterocycles. The molecule has 1 saturated heterocycles. The van der Waals surface area contributed by atoms with Crippen LogP contribution in [0.4, 0.5) is 0 Å². The van der Waals surface area contributed by atoms with Crippen LogP contribution in [-0.4, -0.2) is 43.3 Å². The molecule has 0 saturated carbocycles. The topological polar surface area (TPSA) is 91.5 Å². The summed E-state index contributed by atoms with van der Waals surface area (Å²) in [6, 6.07) is 0. The molecule has 0 spiro atoms. The van der Waals surface area contributed by atoms with Gasteiger partial charge in [0.1, 0.15) is 0 Å². The summed E-state index contributed by atoms with van der Waals surface area (Å²) in [5.74, 6) is 0.733. The fraction of sp³-hybridized carbons (Fsp3) is 0.818. The lowest BCUT2D eigenvalue weighted by Crippen LogP contribution is -2.10. The Morgan fingerprint density at radius 1 is 1.37 bits per heavy atom. The normalized spacial score (nSPS) is 22.2. The summed E-state index contributed by atoms with van der Waals surface area (Å²) in [7, 11) is -2.96. The Balaban J connectivity index is 2.09. The molecular weight excluding hydrogens is 272 g/mol. The molecule has 0 amide bonds. The van der Waals surface area contributed by atoms with E-state index in [9.17, 15) is 8.42 Å². The van der Waals surface area contributed by atoms with Crippen molar-refractivity contribution in [3.05, 3.63) is 11.7 Å². The monoisotopic (exact) mass is 290 g/mol. The van der Waals surface area contributed by atoms with Crippen LogP contribution in [0.15, 0.2) is 4.52 Å². The Bertz CT molecular complexity index is 507. The maximum atomic E-state index is 11.4. The summed E-state index contributed by atoms with van der Waals surface area (Å²) in [5, 5.41) is 3.84. The van der Waals surface area contributed by atoms with Gasteiger partial charge in [0.2, 0.25) is 6.29 Å². The van der Waals surface area contributed by atoms with Crippen molar-refractivity contribution in [1.82, 2.24) is 10.1 Å². The highest BCUT2D eigenvalue weighted by atomic mass is 32.2. The number of rotatable bonds is 6. The molecule has 7 nitrogen and oxygen atoms in total. The zero-order valence-electron chi connectivity index (χ0n) is 11.0. The molecule has 8 heteroatoms. The fourth-order valence-corrected chi connectivity index (χ4v) is 3.74. The lowest BCUT2D eigenvalue weighted by Gasteiger charge is -2.11. The Morgan fingerprint density at radius 2 is 2.05 bits per heavy atom. The molecule has 1 atom stereocenters. The van der Waals surface area contributed by atoms with Crippen LogP contribution in [0.5, 0.6) is 0 Å². The van der Waals surface area contributed by atoms with E-state index in [4.69, 9.17) is 14.0 Å². The number of aromatic nitrogens is 2. The molecule has 1 unspecified atom stereocenters. The van der Waals surface area contributed by atoms with Crippen LogP contribution >= 0.6 is 0 Å². The average molecular weight is 290 g/mol. The standard InChI is InChI=1S/C11H18N2O5S/c1-3-16-11(17-4-2)10-12-9(13-18-10)8-5-6-19(14,15)7-8/h8,11H,3-7H2,1-2H3. The largest absolute Gasteiger partial charge is 0.345 e. The van der Waals surface area contributed by atoms with Crippen molar-refractivity contribution >= 4 is 9.84 Å². The van der Waals surface area contributed by atoms with Crippen molar-refractivity contribution in [3.63, 3.8) is 0 Å². The Labute approximate surface area is 112 Å². The van der Waals surface area contributed by atoms with Gasteiger partial charge in [-0.05, 0) is 20.3 Å². The summed E-state index contributed by atoms with van der Waals surface area (Å²) in [6.45, 7) is 4.60. The molecule has 0 radical (unpaired) electrons. The Kier molecular flexibility index (Phi) is 4.54. The molecule has 1 aliphatic heterocycles. The Morgan fingerprint density at radius 3 is 2.58 bits per heavy atom. The number of sulfone groups is 1. The minimum atomic E-state index is -2.96. The summed E-state index contributed by atoms with van der Waals surface area (Å²) in [6.07, 6.45) is -0.149. The van der Waals surface area contributed by atoms with Gasteiger partial charge in [-0.3, -0.25) is 0 Å². The van der Waals surface area contributed by atoms with E-state index in [0.29, 0.717) is 25.5 Å². The second kappa shape index (κ2) is 5.98. The molecule has 1 aromatic heterocycles. The van der Waals surface area contributed by atoms with Crippen molar-refractivity contribution in [3.8, 4) is 0 Å². The summed E-state index contributed by atoms with van der Waals surface area (Å²) in [4.78, 5) is 4.20. The molecule has 0 N–H and O–H groups in total. The Hall–Kier alpha value is -0.990. The average Bonchev–Trinajstić information content (AvgIpc) is 2.95. The van der Waals surface area contributed by atoms with E-state index in [-0.39, 0.29) is 23.3 Å². The maximum absolute atomic E-state index is 11.4. The van der Waals surface area contributed by atoms with Crippen molar-refractivity contribution < 1.29 is 22.4 Å². The van der Waals surface area contributed by atoms with Crippen LogP contribution in [0.1, 0.15) is 44.2 Å². The van der Waals surface area contributed by atoms with Crippen LogP contribution < -0.4 is 0 Å². The second-order valence-electron chi connectivity index (χ2n) is 4.33. The van der Waals surface area contributed by atoms with E-state index in [1.807, 2.05) is 13.8 Å². The highest BCUT2D eigenvalue weighted by Gasteiger charge is 2.33. The first-order chi connectivity index (χ1) is 9.05. The minimum Gasteiger partial charge on any atom is -0.345 e. The van der Waals surface area contributed by atoms with Gasteiger partial charge in [0, 0.05) is 19.1 Å². The first kappa shape index (κ1) is 14.4. The molecule has 1 aliphatic rings. The number of hydrogen-bond acceptors (Lipinski definition) is 7. The van der Waals surface area contributed by atoms with Crippen LogP contribution in [0, 0.1) is 0 Å². The number of hydrogen-bond donors (Lipinski definition) is 0. The number of ether oxygens (including phenoxy) is 2. The van der Waals surface area contributed by atoms with E-state index in [0.717, 1.165) is 0 Å². The lowest BCUT2D eigenvalue weighted by atomic mass is 10.1. The van der Waals surface area contributed by atoms with Crippen LogP contribution in [0.25, 0.3) is 0 Å². The minimum absolute atomic E-state index is 0.0832. The van der Waals surface area contributed by atoms with Crippen LogP contribution in [-0.2, 0) is 19.3 Å². The molecule has 108 valence electrons. The fourth-order valence-electron chi connectivity index (χ4n) is 2.00. The highest BCUT2D eigenvalue weighted by molar-refractivity contribution is 7.91. The maximum Gasteiger partial charge on any atom is 0.283 e. The number of nitrogens with zero attached hydrogens (tertiary/aromatic N) is 2. The van der Waals surface area contributed by atoms with Crippen LogP contribution in [0.3, 0.4) is 0 Å². The third kappa shape index (κ3) is 3.52. The van der Waals surface area contributed by atoms with E-state index in [2.05, 4.69) is 10.1 Å². The quantitative estimate of drug-likeness (QED) is 0.723. The van der Waals surface area contributed by atoms with Crippen molar-refractivity contribution in [2.24, 2.45) is 0 Å². The molecule has 0 aliphatic carbocycles. The van der Waals surface area contributed by atoms with E-state index in [1.165, 1.54) is 0 Å². The SMILES string of the molecule is CCOC(OCC)c1nc(C2CCS(=O)(=O)C2)no1. The molecule has 1 aromatic rings. The predicted molar refractivity (Wildman–Crippen MR) is 66.3 cm³/mol. The molecule has 0 bridgehead atoms. The van der Waals surface area contributed by atoms with Crippen molar-refractivity contribution in [1.29, 1.82) is 0 Å². The van der Waals surface area contributed by atoms with Crippen LogP contribution in [0.2, 0.25) is 0 Å². The highest BCUT2D eigenvalue weighted by Crippen LogP contribution is 2.28. The predicted octanol–water partition coefficient (Wildman–Crippen LogP) is 1.04. The molecule has 0 aromatic carbocycles. The van der Waals surface area contributed by atoms with Gasteiger partial charge in [0.05, 0.1) is 11.5 Å². The molecule has 19 heavy (non-hydrogen) atoms. The van der Waals surface area contributed by atoms with E-state index >= 15 is 0 Å².